The number of hydrogen-bond acceptors (Lipinski definition) is 7. The monoisotopic (exact) mass is 372 g/mol. The van der Waals surface area contributed by atoms with E-state index in [1.165, 1.54) is 0 Å². The Bertz CT molecular complexity index is 796. The number of rotatable bonds is 5. The lowest BCUT2D eigenvalue weighted by Crippen LogP contribution is -2.39. The third-order valence-corrected chi connectivity index (χ3v) is 4.27. The van der Waals surface area contributed by atoms with E-state index in [1.807, 2.05) is 27.1 Å². The van der Waals surface area contributed by atoms with Crippen LogP contribution in [-0.2, 0) is 4.74 Å². The molecule has 2 amide bonds. The fourth-order valence-corrected chi connectivity index (χ4v) is 2.98. The van der Waals surface area contributed by atoms with Gasteiger partial charge in [0.15, 0.2) is 5.82 Å². The van der Waals surface area contributed by atoms with Crippen LogP contribution in [0.4, 0.5) is 16.3 Å². The van der Waals surface area contributed by atoms with Crippen molar-refractivity contribution < 1.29 is 14.3 Å². The molecule has 2 aromatic heterocycles. The Labute approximate surface area is 158 Å². The van der Waals surface area contributed by atoms with Crippen molar-refractivity contribution in [2.24, 2.45) is 0 Å². The number of nitrogens with one attached hydrogen (secondary N) is 2. The van der Waals surface area contributed by atoms with Crippen LogP contribution >= 0.6 is 0 Å². The number of carbonyl (C=O) groups excluding carboxylic acids is 1. The Morgan fingerprint density at radius 3 is 2.81 bits per heavy atom. The van der Waals surface area contributed by atoms with E-state index < -0.39 is 0 Å². The van der Waals surface area contributed by atoms with Gasteiger partial charge in [-0.1, -0.05) is 0 Å². The maximum Gasteiger partial charge on any atom is 0.319 e. The maximum atomic E-state index is 12.6. The number of hydrogen-bond donors (Lipinski definition) is 2. The van der Waals surface area contributed by atoms with Crippen molar-refractivity contribution in [2.75, 3.05) is 38.0 Å². The molecule has 1 aliphatic heterocycles. The van der Waals surface area contributed by atoms with E-state index in [9.17, 15) is 4.79 Å². The zero-order valence-electron chi connectivity index (χ0n) is 15.9. The Balaban J connectivity index is 1.69. The van der Waals surface area contributed by atoms with Crippen molar-refractivity contribution >= 4 is 17.5 Å². The number of aromatic nitrogens is 3. The van der Waals surface area contributed by atoms with Gasteiger partial charge in [-0.3, -0.25) is 0 Å². The number of methoxy groups -OCH3 is 1. The molecule has 0 radical (unpaired) electrons. The third kappa shape index (κ3) is 4.43. The molecule has 0 aromatic carbocycles. The summed E-state index contributed by atoms with van der Waals surface area (Å²) in [4.78, 5) is 18.6. The summed E-state index contributed by atoms with van der Waals surface area (Å²) in [6, 6.07) is 5.00. The normalized spacial score (nSPS) is 18.8. The third-order valence-electron chi connectivity index (χ3n) is 4.27. The molecule has 0 bridgehead atoms. The predicted molar refractivity (Wildman–Crippen MR) is 101 cm³/mol. The highest BCUT2D eigenvalue weighted by Gasteiger charge is 2.31. The fourth-order valence-electron chi connectivity index (χ4n) is 2.98. The quantitative estimate of drug-likeness (QED) is 0.826. The number of carbonyl (C=O) groups is 1. The van der Waals surface area contributed by atoms with Gasteiger partial charge in [0.1, 0.15) is 6.10 Å². The van der Waals surface area contributed by atoms with E-state index in [0.717, 1.165) is 17.7 Å². The van der Waals surface area contributed by atoms with Crippen molar-refractivity contribution in [1.29, 1.82) is 0 Å². The highest BCUT2D eigenvalue weighted by molar-refractivity contribution is 5.92. The summed E-state index contributed by atoms with van der Waals surface area (Å²) in [6.45, 7) is 2.40. The largest absolute Gasteiger partial charge is 0.481 e. The molecule has 3 heterocycles. The summed E-state index contributed by atoms with van der Waals surface area (Å²) < 4.78 is 10.9. The van der Waals surface area contributed by atoms with E-state index in [1.54, 1.807) is 30.3 Å². The van der Waals surface area contributed by atoms with Gasteiger partial charge in [0, 0.05) is 38.5 Å². The van der Waals surface area contributed by atoms with Crippen LogP contribution in [0, 0.1) is 6.92 Å². The summed E-state index contributed by atoms with van der Waals surface area (Å²) in [6.07, 6.45) is 2.18. The van der Waals surface area contributed by atoms with Gasteiger partial charge >= 0.3 is 6.03 Å². The number of anilines is 2. The Morgan fingerprint density at radius 2 is 2.15 bits per heavy atom. The van der Waals surface area contributed by atoms with Crippen LogP contribution in [0.5, 0.6) is 5.88 Å². The lowest BCUT2D eigenvalue weighted by atomic mass is 10.0. The Morgan fingerprint density at radius 1 is 1.33 bits per heavy atom. The van der Waals surface area contributed by atoms with Gasteiger partial charge in [-0.25, -0.2) is 9.78 Å². The van der Waals surface area contributed by atoms with Gasteiger partial charge in [-0.05, 0) is 25.5 Å². The molecule has 1 aliphatic rings. The molecule has 144 valence electrons. The van der Waals surface area contributed by atoms with Crippen LogP contribution in [0.2, 0.25) is 0 Å². The summed E-state index contributed by atoms with van der Waals surface area (Å²) in [5.41, 5.74) is 2.22. The van der Waals surface area contributed by atoms with Crippen molar-refractivity contribution in [3.05, 3.63) is 35.7 Å². The van der Waals surface area contributed by atoms with Crippen molar-refractivity contribution in [3.8, 4) is 5.88 Å². The first-order valence-electron chi connectivity index (χ1n) is 8.68. The average Bonchev–Trinajstić information content (AvgIpc) is 3.09. The summed E-state index contributed by atoms with van der Waals surface area (Å²) >= 11 is 0. The SMILES string of the molecule is COc1ccc([C@@H]2OCC[C@H]2NC(=O)Nc2cc(C)nnc2N(C)C)cn1. The fraction of sp³-hybridized carbons (Fsp3) is 0.444. The predicted octanol–water partition coefficient (Wildman–Crippen LogP) is 1.91. The smallest absolute Gasteiger partial charge is 0.319 e. The Kier molecular flexibility index (Phi) is 5.70. The zero-order chi connectivity index (χ0) is 19.4. The summed E-state index contributed by atoms with van der Waals surface area (Å²) in [5, 5.41) is 14.0. The second-order valence-electron chi connectivity index (χ2n) is 6.54. The van der Waals surface area contributed by atoms with Gasteiger partial charge in [0.25, 0.3) is 0 Å². The van der Waals surface area contributed by atoms with Gasteiger partial charge in [-0.15, -0.1) is 5.10 Å². The molecule has 9 heteroatoms. The Hall–Kier alpha value is -2.94. The molecule has 2 atom stereocenters. The number of nitrogens with zero attached hydrogens (tertiary/aromatic N) is 4. The molecule has 0 aliphatic carbocycles. The van der Waals surface area contributed by atoms with E-state index in [2.05, 4.69) is 25.8 Å². The number of ether oxygens (including phenoxy) is 2. The van der Waals surface area contributed by atoms with Gasteiger partial charge in [-0.2, -0.15) is 5.10 Å². The van der Waals surface area contributed by atoms with Gasteiger partial charge in [0.05, 0.1) is 24.5 Å². The van der Waals surface area contributed by atoms with Crippen LogP contribution in [0.15, 0.2) is 24.4 Å². The lowest BCUT2D eigenvalue weighted by molar-refractivity contribution is 0.100. The second kappa shape index (κ2) is 8.17. The molecular weight excluding hydrogens is 348 g/mol. The maximum absolute atomic E-state index is 12.6. The molecular formula is C18H24N6O3. The number of urea groups is 1. The van der Waals surface area contributed by atoms with Gasteiger partial charge in [0.2, 0.25) is 5.88 Å². The minimum Gasteiger partial charge on any atom is -0.481 e. The van der Waals surface area contributed by atoms with E-state index in [0.29, 0.717) is 24.0 Å². The molecule has 0 saturated carbocycles. The van der Waals surface area contributed by atoms with Crippen LogP contribution in [0.1, 0.15) is 23.8 Å². The van der Waals surface area contributed by atoms with E-state index in [4.69, 9.17) is 9.47 Å². The van der Waals surface area contributed by atoms with E-state index in [-0.39, 0.29) is 18.2 Å². The van der Waals surface area contributed by atoms with Crippen molar-refractivity contribution in [1.82, 2.24) is 20.5 Å². The molecule has 9 nitrogen and oxygen atoms in total. The minimum atomic E-state index is -0.313. The topological polar surface area (TPSA) is 102 Å². The van der Waals surface area contributed by atoms with Gasteiger partial charge < -0.3 is 25.0 Å². The average molecular weight is 372 g/mol. The summed E-state index contributed by atoms with van der Waals surface area (Å²) in [7, 11) is 5.26. The summed E-state index contributed by atoms with van der Waals surface area (Å²) in [5.74, 6) is 1.13. The highest BCUT2D eigenvalue weighted by atomic mass is 16.5. The van der Waals surface area contributed by atoms with Crippen molar-refractivity contribution in [2.45, 2.75) is 25.5 Å². The molecule has 0 spiro atoms. The van der Waals surface area contributed by atoms with Crippen molar-refractivity contribution in [3.63, 3.8) is 0 Å². The van der Waals surface area contributed by atoms with Crippen LogP contribution < -0.4 is 20.3 Å². The first-order valence-corrected chi connectivity index (χ1v) is 8.68. The molecule has 1 saturated heterocycles. The lowest BCUT2D eigenvalue weighted by Gasteiger charge is -2.21. The van der Waals surface area contributed by atoms with Crippen LogP contribution in [0.3, 0.4) is 0 Å². The zero-order valence-corrected chi connectivity index (χ0v) is 15.9. The second-order valence-corrected chi connectivity index (χ2v) is 6.54. The molecule has 2 N–H and O–H groups in total. The van der Waals surface area contributed by atoms with E-state index >= 15 is 0 Å². The molecule has 1 fully saturated rings. The van der Waals surface area contributed by atoms with Crippen LogP contribution in [-0.4, -0.2) is 55.1 Å². The van der Waals surface area contributed by atoms with Crippen LogP contribution in [0.25, 0.3) is 0 Å². The molecule has 0 unspecified atom stereocenters. The first-order chi connectivity index (χ1) is 13.0. The number of pyridine rings is 1. The molecule has 27 heavy (non-hydrogen) atoms. The standard InChI is InChI=1S/C18H24N6O3/c1-11-9-14(17(23-22-11)24(2)3)21-18(25)20-13-7-8-27-16(13)12-5-6-15(26-4)19-10-12/h5-6,9-10,13,16H,7-8H2,1-4H3,(H2,20,21,22,25)/t13-,16+/m1/s1. The molecule has 2 aromatic rings. The highest BCUT2D eigenvalue weighted by Crippen LogP contribution is 2.29. The first kappa shape index (κ1) is 18.8. The molecule has 3 rings (SSSR count). The number of aryl methyl sites for hydroxylation is 1. The number of amides is 2. The minimum absolute atomic E-state index is 0.154.